The molecular formula is C64H112O6. The van der Waals surface area contributed by atoms with E-state index in [0.717, 1.165) is 70.6 Å². The van der Waals surface area contributed by atoms with Crippen molar-refractivity contribution in [2.24, 2.45) is 0 Å². The Balaban J connectivity index is 3.95. The molecule has 0 saturated heterocycles. The molecule has 0 aromatic carbocycles. The first-order valence-corrected chi connectivity index (χ1v) is 29.9. The Bertz CT molecular complexity index is 1310. The molecule has 404 valence electrons. The van der Waals surface area contributed by atoms with E-state index in [1.807, 2.05) is 12.2 Å². The molecule has 6 heteroatoms. The Labute approximate surface area is 433 Å². The van der Waals surface area contributed by atoms with Crippen LogP contribution in [-0.4, -0.2) is 37.2 Å². The topological polar surface area (TPSA) is 78.9 Å². The second kappa shape index (κ2) is 58.4. The van der Waals surface area contributed by atoms with Crippen LogP contribution in [0.25, 0.3) is 0 Å². The number of allylic oxidation sites excluding steroid dienone is 12. The maximum Gasteiger partial charge on any atom is 0.306 e. The van der Waals surface area contributed by atoms with Gasteiger partial charge in [0.25, 0.3) is 0 Å². The number of rotatable bonds is 54. The Kier molecular flexibility index (Phi) is 55.8. The van der Waals surface area contributed by atoms with Crippen LogP contribution in [0.3, 0.4) is 0 Å². The van der Waals surface area contributed by atoms with Crippen molar-refractivity contribution in [2.45, 2.75) is 303 Å². The number of carbonyl (C=O) groups excluding carboxylic acids is 3. The summed E-state index contributed by atoms with van der Waals surface area (Å²) in [5, 5.41) is 0. The zero-order chi connectivity index (χ0) is 50.7. The summed E-state index contributed by atoms with van der Waals surface area (Å²) < 4.78 is 16.6. The van der Waals surface area contributed by atoms with Crippen LogP contribution in [0, 0.1) is 0 Å². The average molecular weight is 978 g/mol. The zero-order valence-electron chi connectivity index (χ0n) is 46.3. The van der Waals surface area contributed by atoms with E-state index in [9.17, 15) is 14.4 Å². The minimum atomic E-state index is -0.807. The van der Waals surface area contributed by atoms with Gasteiger partial charge in [0.05, 0.1) is 0 Å². The normalized spacial score (nSPS) is 12.6. The van der Waals surface area contributed by atoms with Gasteiger partial charge in [-0.3, -0.25) is 14.4 Å². The van der Waals surface area contributed by atoms with Crippen molar-refractivity contribution in [1.82, 2.24) is 0 Å². The average Bonchev–Trinajstić information content (AvgIpc) is 3.36. The summed E-state index contributed by atoms with van der Waals surface area (Å²) >= 11 is 0. The van der Waals surface area contributed by atoms with Gasteiger partial charge in [-0.25, -0.2) is 0 Å². The molecule has 0 N–H and O–H groups in total. The third kappa shape index (κ3) is 55.8. The van der Waals surface area contributed by atoms with Gasteiger partial charge in [0.2, 0.25) is 0 Å². The zero-order valence-corrected chi connectivity index (χ0v) is 46.3. The summed E-state index contributed by atoms with van der Waals surface area (Å²) in [6.07, 6.45) is 75.5. The molecule has 6 nitrogen and oxygen atoms in total. The third-order valence-corrected chi connectivity index (χ3v) is 13.0. The molecule has 0 bridgehead atoms. The Morgan fingerprint density at radius 3 is 0.929 bits per heavy atom. The van der Waals surface area contributed by atoms with E-state index in [1.165, 1.54) is 180 Å². The summed E-state index contributed by atoms with van der Waals surface area (Å²) in [5.41, 5.74) is 0. The summed E-state index contributed by atoms with van der Waals surface area (Å²) in [7, 11) is 0. The van der Waals surface area contributed by atoms with Gasteiger partial charge in [-0.2, -0.15) is 0 Å². The Morgan fingerprint density at radius 1 is 0.300 bits per heavy atom. The highest BCUT2D eigenvalue weighted by molar-refractivity contribution is 5.71. The molecule has 0 amide bonds. The molecule has 0 aliphatic rings. The first-order valence-electron chi connectivity index (χ1n) is 29.9. The summed E-state index contributed by atoms with van der Waals surface area (Å²) in [5.74, 6) is -0.987. The van der Waals surface area contributed by atoms with Gasteiger partial charge in [0.15, 0.2) is 6.10 Å². The molecule has 0 aliphatic carbocycles. The van der Waals surface area contributed by atoms with Crippen LogP contribution in [-0.2, 0) is 28.6 Å². The van der Waals surface area contributed by atoms with E-state index in [-0.39, 0.29) is 37.5 Å². The van der Waals surface area contributed by atoms with Crippen LogP contribution in [0.1, 0.15) is 297 Å². The number of ether oxygens (including phenoxy) is 3. The molecule has 1 unspecified atom stereocenters. The fourth-order valence-electron chi connectivity index (χ4n) is 8.49. The predicted octanol–water partition coefficient (Wildman–Crippen LogP) is 20.2. The number of unbranched alkanes of at least 4 members (excludes halogenated alkanes) is 31. The van der Waals surface area contributed by atoms with Crippen molar-refractivity contribution >= 4 is 17.9 Å². The maximum absolute atomic E-state index is 12.7. The van der Waals surface area contributed by atoms with E-state index in [1.54, 1.807) is 0 Å². The van der Waals surface area contributed by atoms with Crippen LogP contribution in [0.4, 0.5) is 0 Å². The van der Waals surface area contributed by atoms with Gasteiger partial charge in [-0.15, -0.1) is 0 Å². The van der Waals surface area contributed by atoms with Crippen molar-refractivity contribution in [2.75, 3.05) is 13.2 Å². The molecule has 0 aromatic heterocycles. The molecule has 0 saturated carbocycles. The maximum atomic E-state index is 12.7. The van der Waals surface area contributed by atoms with Gasteiger partial charge in [0, 0.05) is 19.3 Å². The quantitative estimate of drug-likeness (QED) is 0.0261. The van der Waals surface area contributed by atoms with Gasteiger partial charge >= 0.3 is 17.9 Å². The van der Waals surface area contributed by atoms with Crippen molar-refractivity contribution < 1.29 is 28.6 Å². The highest BCUT2D eigenvalue weighted by Crippen LogP contribution is 2.17. The standard InChI is InChI=1S/C64H112O6/c1-4-7-10-13-16-18-20-22-23-24-25-26-27-28-29-30-31-32-33-34-35-36-37-38-39-40-41-43-44-46-48-51-54-57-63(66)69-60-61(59-68-62(65)56-53-50-15-12-9-6-3)70-64(67)58-55-52-49-47-45-42-21-19-17-14-11-8-5-2/h8,11,17,19-20,22,24-25,42,45,49,52,61H,4-7,9-10,12-16,18,21,23,26-41,43-44,46-48,50-51,53-60H2,1-3H3/b11-8-,19-17-,22-20-,25-24-,45-42-,52-49-. The lowest BCUT2D eigenvalue weighted by molar-refractivity contribution is -0.166. The first kappa shape index (κ1) is 66.9. The number of carbonyl (C=O) groups is 3. The van der Waals surface area contributed by atoms with Gasteiger partial charge in [-0.05, 0) is 77.0 Å². The molecule has 0 fully saturated rings. The lowest BCUT2D eigenvalue weighted by Gasteiger charge is -2.18. The first-order chi connectivity index (χ1) is 34.5. The largest absolute Gasteiger partial charge is 0.462 e. The smallest absolute Gasteiger partial charge is 0.306 e. The SMILES string of the molecule is CC/C=C\C/C=C\C/C=C\C/C=C\CCC(=O)OC(COC(=O)CCCCCCCC)COC(=O)CCCCCCCCCCCCCCCCCCCCCCC/C=C\C/C=C\CCCCCCC. The third-order valence-electron chi connectivity index (χ3n) is 13.0. The molecule has 0 rings (SSSR count). The van der Waals surface area contributed by atoms with E-state index in [4.69, 9.17) is 14.2 Å². The fourth-order valence-corrected chi connectivity index (χ4v) is 8.49. The van der Waals surface area contributed by atoms with Crippen LogP contribution in [0.15, 0.2) is 72.9 Å². The fraction of sp³-hybridized carbons (Fsp3) is 0.766. The van der Waals surface area contributed by atoms with E-state index < -0.39 is 6.10 Å². The van der Waals surface area contributed by atoms with Crippen molar-refractivity contribution in [1.29, 1.82) is 0 Å². The van der Waals surface area contributed by atoms with Gasteiger partial charge in [-0.1, -0.05) is 273 Å². The molecular weight excluding hydrogens is 865 g/mol. The summed E-state index contributed by atoms with van der Waals surface area (Å²) in [4.78, 5) is 37.7. The second-order valence-electron chi connectivity index (χ2n) is 19.9. The second-order valence-corrected chi connectivity index (χ2v) is 19.9. The molecule has 0 radical (unpaired) electrons. The molecule has 0 heterocycles. The Hall–Kier alpha value is -3.15. The molecule has 0 aromatic rings. The number of hydrogen-bond donors (Lipinski definition) is 0. The van der Waals surface area contributed by atoms with Crippen LogP contribution in [0.2, 0.25) is 0 Å². The summed E-state index contributed by atoms with van der Waals surface area (Å²) in [6, 6.07) is 0. The molecule has 0 aliphatic heterocycles. The van der Waals surface area contributed by atoms with Crippen LogP contribution >= 0.6 is 0 Å². The van der Waals surface area contributed by atoms with Crippen LogP contribution in [0.5, 0.6) is 0 Å². The van der Waals surface area contributed by atoms with Crippen molar-refractivity contribution in [3.8, 4) is 0 Å². The highest BCUT2D eigenvalue weighted by Gasteiger charge is 2.19. The van der Waals surface area contributed by atoms with Gasteiger partial charge in [0.1, 0.15) is 13.2 Å². The van der Waals surface area contributed by atoms with Crippen molar-refractivity contribution in [3.63, 3.8) is 0 Å². The predicted molar refractivity (Wildman–Crippen MR) is 302 cm³/mol. The van der Waals surface area contributed by atoms with Crippen molar-refractivity contribution in [3.05, 3.63) is 72.9 Å². The minimum Gasteiger partial charge on any atom is -0.462 e. The summed E-state index contributed by atoms with van der Waals surface area (Å²) in [6.45, 7) is 6.40. The minimum absolute atomic E-state index is 0.101. The Morgan fingerprint density at radius 2 is 0.586 bits per heavy atom. The molecule has 70 heavy (non-hydrogen) atoms. The van der Waals surface area contributed by atoms with Gasteiger partial charge < -0.3 is 14.2 Å². The van der Waals surface area contributed by atoms with E-state index >= 15 is 0 Å². The van der Waals surface area contributed by atoms with Crippen LogP contribution < -0.4 is 0 Å². The number of esters is 3. The number of hydrogen-bond acceptors (Lipinski definition) is 6. The van der Waals surface area contributed by atoms with E-state index in [2.05, 4.69) is 81.5 Å². The monoisotopic (exact) mass is 977 g/mol. The lowest BCUT2D eigenvalue weighted by Crippen LogP contribution is -2.30. The molecule has 0 spiro atoms. The highest BCUT2D eigenvalue weighted by atomic mass is 16.6. The molecule has 1 atom stereocenters. The lowest BCUT2D eigenvalue weighted by atomic mass is 10.0. The van der Waals surface area contributed by atoms with E-state index in [0.29, 0.717) is 19.3 Å².